The number of rotatable bonds is 4. The lowest BCUT2D eigenvalue weighted by Gasteiger charge is -2.09. The lowest BCUT2D eigenvalue weighted by Crippen LogP contribution is -2.41. The van der Waals surface area contributed by atoms with E-state index < -0.39 is 11.8 Å². The third-order valence-corrected chi connectivity index (χ3v) is 3.96. The van der Waals surface area contributed by atoms with Gasteiger partial charge in [0.1, 0.15) is 22.5 Å². The van der Waals surface area contributed by atoms with Gasteiger partial charge in [-0.25, -0.2) is 0 Å². The lowest BCUT2D eigenvalue weighted by molar-refractivity contribution is 0.0846. The minimum absolute atomic E-state index is 0.355. The molecule has 8 nitrogen and oxygen atoms in total. The Morgan fingerprint density at radius 2 is 1.32 bits per heavy atom. The summed E-state index contributed by atoms with van der Waals surface area (Å²) in [7, 11) is 0. The van der Waals surface area contributed by atoms with Gasteiger partial charge in [0.05, 0.1) is 0 Å². The molecule has 8 heteroatoms. The van der Waals surface area contributed by atoms with Crippen LogP contribution >= 0.6 is 0 Å². The van der Waals surface area contributed by atoms with Crippen LogP contribution in [0.25, 0.3) is 11.0 Å². The van der Waals surface area contributed by atoms with Gasteiger partial charge in [0.15, 0.2) is 0 Å². The molecule has 0 aliphatic carbocycles. The van der Waals surface area contributed by atoms with Gasteiger partial charge in [-0.05, 0) is 54.6 Å². The van der Waals surface area contributed by atoms with Crippen molar-refractivity contribution in [3.63, 3.8) is 0 Å². The first-order valence-electron chi connectivity index (χ1n) is 8.43. The summed E-state index contributed by atoms with van der Waals surface area (Å²) in [6.07, 6.45) is 0. The highest BCUT2D eigenvalue weighted by atomic mass is 16.5. The summed E-state index contributed by atoms with van der Waals surface area (Å²) in [5.74, 6) is 0.410. The van der Waals surface area contributed by atoms with Crippen LogP contribution in [0.1, 0.15) is 20.7 Å². The number of hydrogen-bond acceptors (Lipinski definition) is 5. The van der Waals surface area contributed by atoms with Crippen molar-refractivity contribution in [2.75, 3.05) is 0 Å². The van der Waals surface area contributed by atoms with E-state index in [-0.39, 0.29) is 0 Å². The molecule has 0 saturated carbocycles. The number of aromatic amines is 1. The maximum Gasteiger partial charge on any atom is 0.269 e. The monoisotopic (exact) mass is 373 g/mol. The van der Waals surface area contributed by atoms with E-state index in [0.29, 0.717) is 33.7 Å². The number of nitrogens with one attached hydrogen (secondary N) is 3. The minimum Gasteiger partial charge on any atom is -0.457 e. The van der Waals surface area contributed by atoms with E-state index in [9.17, 15) is 9.59 Å². The van der Waals surface area contributed by atoms with Crippen LogP contribution in [0.2, 0.25) is 0 Å². The minimum atomic E-state index is -0.456. The number of para-hydroxylation sites is 1. The predicted octanol–water partition coefficient (Wildman–Crippen LogP) is 2.83. The van der Waals surface area contributed by atoms with Gasteiger partial charge < -0.3 is 4.74 Å². The topological polar surface area (TPSA) is 109 Å². The van der Waals surface area contributed by atoms with Crippen molar-refractivity contribution in [1.29, 1.82) is 0 Å². The Bertz CT molecular complexity index is 1120. The maximum absolute atomic E-state index is 12.2. The first-order valence-corrected chi connectivity index (χ1v) is 8.43. The number of hydrazine groups is 1. The Labute approximate surface area is 159 Å². The third kappa shape index (κ3) is 3.80. The van der Waals surface area contributed by atoms with Gasteiger partial charge in [0.2, 0.25) is 0 Å². The van der Waals surface area contributed by atoms with Crippen LogP contribution in [0, 0.1) is 0 Å². The summed E-state index contributed by atoms with van der Waals surface area (Å²) in [6.45, 7) is 0. The second-order valence-electron chi connectivity index (χ2n) is 5.87. The third-order valence-electron chi connectivity index (χ3n) is 3.96. The fourth-order valence-corrected chi connectivity index (χ4v) is 2.54. The van der Waals surface area contributed by atoms with E-state index >= 15 is 0 Å². The van der Waals surface area contributed by atoms with E-state index in [0.717, 1.165) is 0 Å². The summed E-state index contributed by atoms with van der Waals surface area (Å²) in [6, 6.07) is 20.8. The summed E-state index contributed by atoms with van der Waals surface area (Å²) in [5.41, 5.74) is 6.72. The second kappa shape index (κ2) is 7.58. The first kappa shape index (κ1) is 17.2. The quantitative estimate of drug-likeness (QED) is 0.477. The van der Waals surface area contributed by atoms with E-state index in [1.54, 1.807) is 42.5 Å². The molecule has 0 aliphatic rings. The molecule has 1 heterocycles. The highest BCUT2D eigenvalue weighted by Crippen LogP contribution is 2.21. The molecule has 0 bridgehead atoms. The molecule has 0 fully saturated rings. The molecular formula is C20H15N5O3. The molecule has 0 saturated heterocycles. The molecule has 0 aliphatic heterocycles. The molecule has 28 heavy (non-hydrogen) atoms. The van der Waals surface area contributed by atoms with Gasteiger partial charge in [-0.2, -0.15) is 15.4 Å². The number of amides is 2. The molecule has 4 rings (SSSR count). The Morgan fingerprint density at radius 1 is 0.714 bits per heavy atom. The number of fused-ring (bicyclic) bond motifs is 1. The average molecular weight is 373 g/mol. The van der Waals surface area contributed by atoms with Crippen LogP contribution in [-0.4, -0.2) is 27.2 Å². The zero-order valence-electron chi connectivity index (χ0n) is 14.5. The number of carbonyl (C=O) groups excluding carboxylic acids is 2. The fraction of sp³-hybridized carbons (Fsp3) is 0. The SMILES string of the molecule is O=C(NNC(=O)c1ccc2n[nH]nc2c1)c1ccc(Oc2ccccc2)cc1. The number of aromatic nitrogens is 3. The van der Waals surface area contributed by atoms with Crippen molar-refractivity contribution >= 4 is 22.8 Å². The largest absolute Gasteiger partial charge is 0.457 e. The normalized spacial score (nSPS) is 10.4. The molecule has 0 radical (unpaired) electrons. The van der Waals surface area contributed by atoms with Crippen LogP contribution in [-0.2, 0) is 0 Å². The first-order chi connectivity index (χ1) is 13.7. The Hall–Kier alpha value is -4.20. The van der Waals surface area contributed by atoms with Crippen LogP contribution in [0.15, 0.2) is 72.8 Å². The summed E-state index contributed by atoms with van der Waals surface area (Å²) in [5, 5.41) is 10.3. The van der Waals surface area contributed by atoms with Crippen molar-refractivity contribution in [1.82, 2.24) is 26.3 Å². The average Bonchev–Trinajstić information content (AvgIpc) is 3.21. The number of hydrogen-bond donors (Lipinski definition) is 3. The molecular weight excluding hydrogens is 358 g/mol. The van der Waals surface area contributed by atoms with Gasteiger partial charge >= 0.3 is 0 Å². The van der Waals surface area contributed by atoms with Crippen molar-refractivity contribution in [2.24, 2.45) is 0 Å². The van der Waals surface area contributed by atoms with Gasteiger partial charge in [-0.15, -0.1) is 0 Å². The Balaban J connectivity index is 1.36. The molecule has 0 unspecified atom stereocenters. The van der Waals surface area contributed by atoms with E-state index in [4.69, 9.17) is 4.74 Å². The van der Waals surface area contributed by atoms with Crippen LogP contribution < -0.4 is 15.6 Å². The Morgan fingerprint density at radius 3 is 2.07 bits per heavy atom. The van der Waals surface area contributed by atoms with Gasteiger partial charge in [0, 0.05) is 11.1 Å². The zero-order chi connectivity index (χ0) is 19.3. The van der Waals surface area contributed by atoms with E-state index in [1.807, 2.05) is 30.3 Å². The molecule has 3 aromatic carbocycles. The zero-order valence-corrected chi connectivity index (χ0v) is 14.5. The number of nitrogens with zero attached hydrogens (tertiary/aromatic N) is 2. The smallest absolute Gasteiger partial charge is 0.269 e. The van der Waals surface area contributed by atoms with Crippen LogP contribution in [0.4, 0.5) is 0 Å². The number of ether oxygens (including phenoxy) is 1. The summed E-state index contributed by atoms with van der Waals surface area (Å²) < 4.78 is 5.68. The molecule has 3 N–H and O–H groups in total. The van der Waals surface area contributed by atoms with Crippen molar-refractivity contribution in [3.8, 4) is 11.5 Å². The van der Waals surface area contributed by atoms with E-state index in [2.05, 4.69) is 26.3 Å². The standard InChI is InChI=1S/C20H15N5O3/c26-19(13-6-9-16(10-7-13)28-15-4-2-1-3-5-15)23-24-20(27)14-8-11-17-18(12-14)22-25-21-17/h1-12H,(H,23,26)(H,24,27)(H,21,22,25). The molecule has 1 aromatic heterocycles. The van der Waals surface area contributed by atoms with E-state index in [1.165, 1.54) is 0 Å². The Kier molecular flexibility index (Phi) is 4.67. The predicted molar refractivity (Wildman–Crippen MR) is 102 cm³/mol. The summed E-state index contributed by atoms with van der Waals surface area (Å²) in [4.78, 5) is 24.4. The molecule has 0 atom stereocenters. The maximum atomic E-state index is 12.2. The molecule has 138 valence electrons. The van der Waals surface area contributed by atoms with Crippen molar-refractivity contribution < 1.29 is 14.3 Å². The van der Waals surface area contributed by atoms with Gasteiger partial charge in [0.25, 0.3) is 11.8 Å². The highest BCUT2D eigenvalue weighted by molar-refractivity contribution is 6.00. The number of H-pyrrole nitrogens is 1. The second-order valence-corrected chi connectivity index (χ2v) is 5.87. The number of benzene rings is 3. The van der Waals surface area contributed by atoms with Gasteiger partial charge in [-0.3, -0.25) is 20.4 Å². The highest BCUT2D eigenvalue weighted by Gasteiger charge is 2.11. The van der Waals surface area contributed by atoms with Gasteiger partial charge in [-0.1, -0.05) is 18.2 Å². The van der Waals surface area contributed by atoms with Crippen molar-refractivity contribution in [3.05, 3.63) is 83.9 Å². The molecule has 4 aromatic rings. The van der Waals surface area contributed by atoms with Crippen LogP contribution in [0.3, 0.4) is 0 Å². The molecule has 0 spiro atoms. The number of carbonyl (C=O) groups is 2. The van der Waals surface area contributed by atoms with Crippen LogP contribution in [0.5, 0.6) is 11.5 Å². The lowest BCUT2D eigenvalue weighted by atomic mass is 10.2. The molecule has 2 amide bonds. The summed E-state index contributed by atoms with van der Waals surface area (Å²) >= 11 is 0. The van der Waals surface area contributed by atoms with Crippen molar-refractivity contribution in [2.45, 2.75) is 0 Å². The fourth-order valence-electron chi connectivity index (χ4n) is 2.54.